The van der Waals surface area contributed by atoms with Crippen molar-refractivity contribution in [1.29, 1.82) is 0 Å². The molecule has 44 heavy (non-hydrogen) atoms. The van der Waals surface area contributed by atoms with Gasteiger partial charge in [-0.2, -0.15) is 0 Å². The summed E-state index contributed by atoms with van der Waals surface area (Å²) in [4.78, 5) is 32.5. The molecule has 2 heterocycles. The highest BCUT2D eigenvalue weighted by Crippen LogP contribution is 2.27. The number of rotatable bonds is 13. The van der Waals surface area contributed by atoms with Gasteiger partial charge < -0.3 is 24.4 Å². The van der Waals surface area contributed by atoms with Crippen LogP contribution < -0.4 is 25.0 Å². The molecule has 1 saturated heterocycles. The second-order valence-electron chi connectivity index (χ2n) is 10.6. The number of benzene rings is 3. The Hall–Kier alpha value is -4.41. The zero-order chi connectivity index (χ0) is 30.9. The van der Waals surface area contributed by atoms with Crippen LogP contribution in [-0.2, 0) is 16.1 Å². The van der Waals surface area contributed by atoms with Crippen LogP contribution in [0.3, 0.4) is 0 Å². The maximum atomic E-state index is 13.1. The summed E-state index contributed by atoms with van der Waals surface area (Å²) in [5.74, 6) is 1.12. The number of anilines is 2. The van der Waals surface area contributed by atoms with E-state index in [0.29, 0.717) is 28.9 Å². The van der Waals surface area contributed by atoms with E-state index in [1.165, 1.54) is 0 Å². The van der Waals surface area contributed by atoms with Gasteiger partial charge in [0.05, 0.1) is 31.5 Å². The minimum Gasteiger partial charge on any atom is -0.494 e. The van der Waals surface area contributed by atoms with E-state index in [-0.39, 0.29) is 30.6 Å². The van der Waals surface area contributed by atoms with Gasteiger partial charge in [-0.1, -0.05) is 53.8 Å². The molecule has 2 atom stereocenters. The van der Waals surface area contributed by atoms with Crippen molar-refractivity contribution in [1.82, 2.24) is 10.3 Å². The van der Waals surface area contributed by atoms with E-state index in [4.69, 9.17) is 14.2 Å². The van der Waals surface area contributed by atoms with E-state index >= 15 is 0 Å². The Morgan fingerprint density at radius 1 is 1.02 bits per heavy atom. The summed E-state index contributed by atoms with van der Waals surface area (Å²) >= 11 is 1.14. The molecule has 0 unspecified atom stereocenters. The molecule has 2 N–H and O–H groups in total. The second kappa shape index (κ2) is 14.9. The molecule has 4 aromatic rings. The molecule has 10 heteroatoms. The fraction of sp³-hybridized carbons (Fsp3) is 0.324. The summed E-state index contributed by atoms with van der Waals surface area (Å²) in [6.45, 7) is 8.31. The quantitative estimate of drug-likeness (QED) is 0.186. The molecule has 0 saturated carbocycles. The van der Waals surface area contributed by atoms with Crippen LogP contribution in [0.15, 0.2) is 78.9 Å². The molecule has 0 aliphatic carbocycles. The Morgan fingerprint density at radius 2 is 1.75 bits per heavy atom. The number of carbonyl (C=O) groups is 2. The standard InChI is InChI=1S/C34H38N4O5S/c1-4-42-28-16-12-27(13-17-28)38-19-18-30(20-38)43-29-14-10-26(11-15-29)23(2)35-33(40)32-24(3)36-34(44-32)37-31(39)22-41-21-25-8-6-5-7-9-25/h5-17,23,30H,4,18-22H2,1-3H3,(H,35,40)(H,36,37,39)/t23-,30+/m0/s1. The topological polar surface area (TPSA) is 102 Å². The highest BCUT2D eigenvalue weighted by atomic mass is 32.1. The van der Waals surface area contributed by atoms with Crippen molar-refractivity contribution in [2.24, 2.45) is 0 Å². The third-order valence-electron chi connectivity index (χ3n) is 7.28. The van der Waals surface area contributed by atoms with E-state index in [1.54, 1.807) is 6.92 Å². The van der Waals surface area contributed by atoms with Gasteiger partial charge in [0.15, 0.2) is 5.13 Å². The lowest BCUT2D eigenvalue weighted by molar-refractivity contribution is -0.121. The Balaban J connectivity index is 1.08. The third kappa shape index (κ3) is 8.36. The lowest BCUT2D eigenvalue weighted by atomic mass is 10.1. The number of hydrogen-bond donors (Lipinski definition) is 2. The van der Waals surface area contributed by atoms with Crippen LogP contribution in [0.2, 0.25) is 0 Å². The number of amides is 2. The first-order chi connectivity index (χ1) is 21.4. The Kier molecular flexibility index (Phi) is 10.5. The van der Waals surface area contributed by atoms with Crippen molar-refractivity contribution < 1.29 is 23.8 Å². The average Bonchev–Trinajstić information content (AvgIpc) is 3.64. The van der Waals surface area contributed by atoms with Crippen LogP contribution in [0.4, 0.5) is 10.8 Å². The Morgan fingerprint density at radius 3 is 2.48 bits per heavy atom. The minimum atomic E-state index is -0.321. The molecular weight excluding hydrogens is 576 g/mol. The van der Waals surface area contributed by atoms with Crippen molar-refractivity contribution >= 4 is 34.0 Å². The first-order valence-corrected chi connectivity index (χ1v) is 15.6. The van der Waals surface area contributed by atoms with Gasteiger partial charge in [0, 0.05) is 18.7 Å². The summed E-state index contributed by atoms with van der Waals surface area (Å²) in [7, 11) is 0. The Bertz CT molecular complexity index is 1530. The van der Waals surface area contributed by atoms with E-state index in [9.17, 15) is 9.59 Å². The maximum Gasteiger partial charge on any atom is 0.263 e. The van der Waals surface area contributed by atoms with Gasteiger partial charge in [-0.15, -0.1) is 0 Å². The van der Waals surface area contributed by atoms with Crippen LogP contribution >= 0.6 is 11.3 Å². The van der Waals surface area contributed by atoms with E-state index in [2.05, 4.69) is 32.7 Å². The van der Waals surface area contributed by atoms with E-state index in [1.807, 2.05) is 80.6 Å². The summed E-state index contributed by atoms with van der Waals surface area (Å²) in [6.07, 6.45) is 1.04. The van der Waals surface area contributed by atoms with Gasteiger partial charge in [-0.25, -0.2) is 4.98 Å². The number of nitrogens with zero attached hydrogens (tertiary/aromatic N) is 2. The van der Waals surface area contributed by atoms with Gasteiger partial charge in [0.1, 0.15) is 29.1 Å². The largest absolute Gasteiger partial charge is 0.494 e. The van der Waals surface area contributed by atoms with Crippen molar-refractivity contribution in [3.8, 4) is 11.5 Å². The molecule has 2 amide bonds. The monoisotopic (exact) mass is 614 g/mol. The molecule has 230 valence electrons. The fourth-order valence-corrected chi connectivity index (χ4v) is 5.89. The molecule has 1 aromatic heterocycles. The number of hydrogen-bond acceptors (Lipinski definition) is 8. The molecule has 1 aliphatic heterocycles. The summed E-state index contributed by atoms with van der Waals surface area (Å²) in [6, 6.07) is 25.4. The first-order valence-electron chi connectivity index (χ1n) is 14.8. The highest BCUT2D eigenvalue weighted by molar-refractivity contribution is 7.17. The SMILES string of the molecule is CCOc1ccc(N2CC[C@@H](Oc3ccc([C@H](C)NC(=O)c4sc(NC(=O)COCc5ccccc5)nc4C)cc3)C2)cc1. The molecule has 1 aliphatic rings. The maximum absolute atomic E-state index is 13.1. The molecule has 1 fully saturated rings. The first kappa shape index (κ1) is 31.0. The van der Waals surface area contributed by atoms with Crippen LogP contribution in [-0.4, -0.2) is 49.2 Å². The van der Waals surface area contributed by atoms with Crippen LogP contribution in [0, 0.1) is 6.92 Å². The highest BCUT2D eigenvalue weighted by Gasteiger charge is 2.25. The summed E-state index contributed by atoms with van der Waals surface area (Å²) < 4.78 is 17.3. The van der Waals surface area contributed by atoms with Gasteiger partial charge in [0.25, 0.3) is 11.8 Å². The van der Waals surface area contributed by atoms with Gasteiger partial charge in [-0.3, -0.25) is 14.9 Å². The van der Waals surface area contributed by atoms with Crippen molar-refractivity contribution in [2.75, 3.05) is 36.5 Å². The molecule has 3 aromatic carbocycles. The number of nitrogens with one attached hydrogen (secondary N) is 2. The zero-order valence-electron chi connectivity index (χ0n) is 25.2. The number of carbonyl (C=O) groups excluding carboxylic acids is 2. The van der Waals surface area contributed by atoms with Crippen molar-refractivity contribution in [2.45, 2.75) is 45.9 Å². The summed E-state index contributed by atoms with van der Waals surface area (Å²) in [5, 5.41) is 6.13. The van der Waals surface area contributed by atoms with Crippen molar-refractivity contribution in [3.63, 3.8) is 0 Å². The predicted molar refractivity (Wildman–Crippen MR) is 173 cm³/mol. The molecule has 9 nitrogen and oxygen atoms in total. The van der Waals surface area contributed by atoms with Crippen LogP contribution in [0.25, 0.3) is 0 Å². The van der Waals surface area contributed by atoms with E-state index < -0.39 is 0 Å². The predicted octanol–water partition coefficient (Wildman–Crippen LogP) is 6.15. The van der Waals surface area contributed by atoms with Gasteiger partial charge in [0.2, 0.25) is 0 Å². The number of thiazole rings is 1. The number of ether oxygens (including phenoxy) is 3. The normalized spacial score (nSPS) is 15.1. The fourth-order valence-electron chi connectivity index (χ4n) is 5.00. The lowest BCUT2D eigenvalue weighted by Gasteiger charge is -2.20. The minimum absolute atomic E-state index is 0.101. The molecule has 0 spiro atoms. The van der Waals surface area contributed by atoms with Crippen LogP contribution in [0.1, 0.15) is 52.8 Å². The average molecular weight is 615 g/mol. The number of aromatic nitrogens is 1. The molecular formula is C34H38N4O5S. The van der Waals surface area contributed by atoms with Crippen LogP contribution in [0.5, 0.6) is 11.5 Å². The van der Waals surface area contributed by atoms with E-state index in [0.717, 1.165) is 59.2 Å². The third-order valence-corrected chi connectivity index (χ3v) is 8.35. The number of aryl methyl sites for hydroxylation is 1. The second-order valence-corrected chi connectivity index (χ2v) is 11.6. The van der Waals surface area contributed by atoms with Gasteiger partial charge in [-0.05, 0) is 68.3 Å². The summed E-state index contributed by atoms with van der Waals surface area (Å²) in [5.41, 5.74) is 3.67. The Labute approximate surface area is 262 Å². The molecule has 0 bridgehead atoms. The smallest absolute Gasteiger partial charge is 0.263 e. The zero-order valence-corrected chi connectivity index (χ0v) is 26.1. The van der Waals surface area contributed by atoms with Crippen molar-refractivity contribution in [3.05, 3.63) is 101 Å². The molecule has 5 rings (SSSR count). The van der Waals surface area contributed by atoms with Gasteiger partial charge >= 0.3 is 0 Å². The lowest BCUT2D eigenvalue weighted by Crippen LogP contribution is -2.26. The molecule has 0 radical (unpaired) electrons.